The Balaban J connectivity index is 1.59. The number of amides is 4. The maximum atomic E-state index is 13.4. The first-order valence-corrected chi connectivity index (χ1v) is 10.6. The summed E-state index contributed by atoms with van der Waals surface area (Å²) in [4.78, 5) is 42.2. The van der Waals surface area contributed by atoms with Gasteiger partial charge in [-0.15, -0.1) is 0 Å². The molecule has 2 heterocycles. The first-order chi connectivity index (χ1) is 15.4. The molecule has 9 nitrogen and oxygen atoms in total. The molecule has 2 aromatic rings. The van der Waals surface area contributed by atoms with Crippen LogP contribution in [0.15, 0.2) is 48.5 Å². The average Bonchev–Trinajstić information content (AvgIpc) is 3.16. The van der Waals surface area contributed by atoms with Gasteiger partial charge in [0, 0.05) is 13.6 Å². The summed E-state index contributed by atoms with van der Waals surface area (Å²) in [5, 5.41) is 4.54. The van der Waals surface area contributed by atoms with Crippen LogP contribution in [0.2, 0.25) is 0 Å². The average molecular weight is 438 g/mol. The van der Waals surface area contributed by atoms with E-state index in [4.69, 9.17) is 4.74 Å². The largest absolute Gasteiger partial charge is 0.492 e. The van der Waals surface area contributed by atoms with Gasteiger partial charge in [0.1, 0.15) is 18.3 Å². The minimum absolute atomic E-state index is 0.189. The van der Waals surface area contributed by atoms with Crippen molar-refractivity contribution in [2.24, 2.45) is 0 Å². The number of hydrazine groups is 1. The van der Waals surface area contributed by atoms with E-state index in [0.717, 1.165) is 10.5 Å². The van der Waals surface area contributed by atoms with Gasteiger partial charge in [0.05, 0.1) is 24.0 Å². The maximum Gasteiger partial charge on any atom is 0.332 e. The summed E-state index contributed by atoms with van der Waals surface area (Å²) in [6, 6.07) is 12.8. The number of fused-ring (bicyclic) bond motifs is 1. The topological polar surface area (TPSA) is 94.2 Å². The first kappa shape index (κ1) is 21.8. The molecule has 2 fully saturated rings. The molecule has 0 bridgehead atoms. The fourth-order valence-electron chi connectivity index (χ4n) is 4.13. The van der Waals surface area contributed by atoms with Gasteiger partial charge in [0.15, 0.2) is 0 Å². The highest BCUT2D eigenvalue weighted by Gasteiger charge is 2.52. The van der Waals surface area contributed by atoms with Gasteiger partial charge in [-0.25, -0.2) is 14.7 Å². The smallest absolute Gasteiger partial charge is 0.332 e. The number of para-hydroxylation sites is 2. The number of urea groups is 1. The Morgan fingerprint density at radius 1 is 1.16 bits per heavy atom. The predicted octanol–water partition coefficient (Wildman–Crippen LogP) is 1.99. The van der Waals surface area contributed by atoms with Crippen LogP contribution in [0.3, 0.4) is 0 Å². The molecule has 0 saturated carbocycles. The second-order valence-corrected chi connectivity index (χ2v) is 7.88. The lowest BCUT2D eigenvalue weighted by atomic mass is 10.0. The highest BCUT2D eigenvalue weighted by molar-refractivity contribution is 6.19. The molecule has 4 amide bonds. The van der Waals surface area contributed by atoms with Crippen molar-refractivity contribution in [3.63, 3.8) is 0 Å². The zero-order chi connectivity index (χ0) is 22.8. The molecule has 2 aliphatic heterocycles. The van der Waals surface area contributed by atoms with Gasteiger partial charge in [-0.05, 0) is 38.1 Å². The molecule has 2 N–H and O–H groups in total. The summed E-state index contributed by atoms with van der Waals surface area (Å²) >= 11 is 0. The summed E-state index contributed by atoms with van der Waals surface area (Å²) in [6.07, 6.45) is 0. The number of hydrogen-bond acceptors (Lipinski definition) is 6. The number of carbonyl (C=O) groups excluding carboxylic acids is 3. The molecule has 2 atom stereocenters. The minimum atomic E-state index is -0.586. The summed E-state index contributed by atoms with van der Waals surface area (Å²) in [5.41, 5.74) is 5.15. The molecule has 2 unspecified atom stereocenters. The monoisotopic (exact) mass is 437 g/mol. The normalized spacial score (nSPS) is 21.0. The molecule has 32 heavy (non-hydrogen) atoms. The van der Waals surface area contributed by atoms with E-state index in [-0.39, 0.29) is 18.4 Å². The highest BCUT2D eigenvalue weighted by Crippen LogP contribution is 2.29. The van der Waals surface area contributed by atoms with Gasteiger partial charge in [-0.3, -0.25) is 15.0 Å². The number of carbonyl (C=O) groups is 3. The van der Waals surface area contributed by atoms with Crippen LogP contribution in [-0.2, 0) is 9.59 Å². The number of ether oxygens (including phenoxy) is 1. The van der Waals surface area contributed by atoms with Crippen LogP contribution in [0.4, 0.5) is 16.2 Å². The molecule has 9 heteroatoms. The summed E-state index contributed by atoms with van der Waals surface area (Å²) in [5.74, 6) is -0.114. The summed E-state index contributed by atoms with van der Waals surface area (Å²) in [6.45, 7) is 4.47. The molecule has 168 valence electrons. The molecular formula is C23H27N5O4. The first-order valence-electron chi connectivity index (χ1n) is 10.6. The standard InChI is InChI=1S/C23H27N5O4/c1-4-32-19-8-6-5-7-17(19)25-20(29)14-27-18-13-24-26(3)21(18)22(30)28(23(27)31)16-11-9-15(2)10-12-16/h5-12,18,21,24H,4,13-14H2,1-3H3,(H,25,29). The Morgan fingerprint density at radius 2 is 1.88 bits per heavy atom. The van der Waals surface area contributed by atoms with E-state index in [0.29, 0.717) is 30.3 Å². The predicted molar refractivity (Wildman–Crippen MR) is 120 cm³/mol. The molecule has 2 aromatic carbocycles. The van der Waals surface area contributed by atoms with Gasteiger partial charge in [-0.2, -0.15) is 0 Å². The molecule has 0 aliphatic carbocycles. The van der Waals surface area contributed by atoms with Gasteiger partial charge >= 0.3 is 6.03 Å². The summed E-state index contributed by atoms with van der Waals surface area (Å²) < 4.78 is 5.57. The molecule has 0 radical (unpaired) electrons. The molecule has 4 rings (SSSR count). The fourth-order valence-corrected chi connectivity index (χ4v) is 4.13. The van der Waals surface area contributed by atoms with E-state index in [2.05, 4.69) is 10.7 Å². The number of nitrogens with one attached hydrogen (secondary N) is 2. The van der Waals surface area contributed by atoms with E-state index in [1.807, 2.05) is 32.0 Å². The van der Waals surface area contributed by atoms with Gasteiger partial charge < -0.3 is 15.0 Å². The third kappa shape index (κ3) is 4.04. The molecular weight excluding hydrogens is 410 g/mol. The van der Waals surface area contributed by atoms with Crippen molar-refractivity contribution < 1.29 is 19.1 Å². The van der Waals surface area contributed by atoms with Crippen molar-refractivity contribution in [3.8, 4) is 5.75 Å². The zero-order valence-corrected chi connectivity index (χ0v) is 18.4. The van der Waals surface area contributed by atoms with Crippen molar-refractivity contribution in [2.75, 3.05) is 37.0 Å². The molecule has 0 aromatic heterocycles. The van der Waals surface area contributed by atoms with Crippen LogP contribution in [-0.4, -0.2) is 66.6 Å². The lowest BCUT2D eigenvalue weighted by Gasteiger charge is -2.42. The van der Waals surface area contributed by atoms with E-state index in [9.17, 15) is 14.4 Å². The van der Waals surface area contributed by atoms with E-state index < -0.39 is 18.1 Å². The lowest BCUT2D eigenvalue weighted by molar-refractivity contribution is -0.126. The number of rotatable bonds is 6. The Kier molecular flexibility index (Phi) is 6.11. The zero-order valence-electron chi connectivity index (χ0n) is 18.4. The number of nitrogens with zero attached hydrogens (tertiary/aromatic N) is 3. The number of aryl methyl sites for hydroxylation is 1. The van der Waals surface area contributed by atoms with Crippen LogP contribution in [0.5, 0.6) is 5.75 Å². The maximum absolute atomic E-state index is 13.4. The lowest BCUT2D eigenvalue weighted by Crippen LogP contribution is -2.66. The van der Waals surface area contributed by atoms with Gasteiger partial charge in [0.25, 0.3) is 5.91 Å². The van der Waals surface area contributed by atoms with Crippen molar-refractivity contribution >= 4 is 29.2 Å². The van der Waals surface area contributed by atoms with Crippen LogP contribution in [0.1, 0.15) is 12.5 Å². The Bertz CT molecular complexity index is 1030. The van der Waals surface area contributed by atoms with Crippen molar-refractivity contribution in [1.29, 1.82) is 0 Å². The summed E-state index contributed by atoms with van der Waals surface area (Å²) in [7, 11) is 1.77. The highest BCUT2D eigenvalue weighted by atomic mass is 16.5. The minimum Gasteiger partial charge on any atom is -0.492 e. The molecule has 2 saturated heterocycles. The Hall–Kier alpha value is -3.43. The Morgan fingerprint density at radius 3 is 2.59 bits per heavy atom. The Labute approximate surface area is 186 Å². The van der Waals surface area contributed by atoms with Crippen molar-refractivity contribution in [2.45, 2.75) is 25.9 Å². The number of imide groups is 1. The number of anilines is 2. The quantitative estimate of drug-likeness (QED) is 0.718. The van der Waals surface area contributed by atoms with E-state index in [1.165, 1.54) is 4.90 Å². The van der Waals surface area contributed by atoms with Crippen molar-refractivity contribution in [1.82, 2.24) is 15.3 Å². The number of likely N-dealkylation sites (N-methyl/N-ethyl adjacent to an activating group) is 1. The van der Waals surface area contributed by atoms with Crippen LogP contribution < -0.4 is 20.4 Å². The van der Waals surface area contributed by atoms with E-state index in [1.54, 1.807) is 42.4 Å². The number of benzene rings is 2. The molecule has 2 aliphatic rings. The SMILES string of the molecule is CCOc1ccccc1NC(=O)CN1C(=O)N(c2ccc(C)cc2)C(=O)C2C1CNN2C. The van der Waals surface area contributed by atoms with Gasteiger partial charge in [0.2, 0.25) is 5.91 Å². The van der Waals surface area contributed by atoms with Crippen LogP contribution >= 0.6 is 0 Å². The second-order valence-electron chi connectivity index (χ2n) is 7.88. The molecule has 0 spiro atoms. The number of hydrogen-bond donors (Lipinski definition) is 2. The van der Waals surface area contributed by atoms with Crippen molar-refractivity contribution in [3.05, 3.63) is 54.1 Å². The third-order valence-electron chi connectivity index (χ3n) is 5.71. The van der Waals surface area contributed by atoms with Gasteiger partial charge in [-0.1, -0.05) is 29.8 Å². The fraction of sp³-hybridized carbons (Fsp3) is 0.348. The van der Waals surface area contributed by atoms with Crippen LogP contribution in [0.25, 0.3) is 0 Å². The van der Waals surface area contributed by atoms with Crippen LogP contribution in [0, 0.1) is 6.92 Å². The van der Waals surface area contributed by atoms with E-state index >= 15 is 0 Å². The third-order valence-corrected chi connectivity index (χ3v) is 5.71. The second kappa shape index (κ2) is 8.97.